The van der Waals surface area contributed by atoms with E-state index in [1.165, 1.54) is 12.3 Å². The number of aromatic nitrogens is 1. The standard InChI is InChI=1S/C12H17N3O3S/c1-19-5-4-9(13)11(16)15-7-8-2-3-10(12(17)18)14-6-8/h2-3,6,9H,4-5,7,13H2,1H3,(H,15,16)(H,17,18)/t9-/m1/s1. The van der Waals surface area contributed by atoms with Gasteiger partial charge < -0.3 is 16.2 Å². The number of rotatable bonds is 7. The first kappa shape index (κ1) is 15.5. The van der Waals surface area contributed by atoms with Gasteiger partial charge in [0.25, 0.3) is 0 Å². The van der Waals surface area contributed by atoms with Gasteiger partial charge in [-0.15, -0.1) is 0 Å². The normalized spacial score (nSPS) is 11.9. The monoisotopic (exact) mass is 283 g/mol. The lowest BCUT2D eigenvalue weighted by Crippen LogP contribution is -2.40. The van der Waals surface area contributed by atoms with Crippen LogP contribution in [0, 0.1) is 0 Å². The summed E-state index contributed by atoms with van der Waals surface area (Å²) in [6.07, 6.45) is 4.01. The van der Waals surface area contributed by atoms with Crippen LogP contribution < -0.4 is 11.1 Å². The molecule has 0 radical (unpaired) electrons. The second-order valence-electron chi connectivity index (χ2n) is 3.96. The largest absolute Gasteiger partial charge is 0.477 e. The van der Waals surface area contributed by atoms with Crippen LogP contribution in [0.5, 0.6) is 0 Å². The zero-order chi connectivity index (χ0) is 14.3. The van der Waals surface area contributed by atoms with Gasteiger partial charge in [0, 0.05) is 12.7 Å². The number of nitrogens with one attached hydrogen (secondary N) is 1. The molecule has 1 rings (SSSR count). The number of thioether (sulfide) groups is 1. The average Bonchev–Trinajstić information content (AvgIpc) is 2.42. The van der Waals surface area contributed by atoms with Gasteiger partial charge in [-0.2, -0.15) is 11.8 Å². The molecule has 0 aromatic carbocycles. The van der Waals surface area contributed by atoms with E-state index in [1.807, 2.05) is 6.26 Å². The smallest absolute Gasteiger partial charge is 0.354 e. The molecule has 0 spiro atoms. The van der Waals surface area contributed by atoms with Crippen molar-refractivity contribution in [1.29, 1.82) is 0 Å². The van der Waals surface area contributed by atoms with E-state index in [9.17, 15) is 9.59 Å². The summed E-state index contributed by atoms with van der Waals surface area (Å²) in [5.74, 6) is -0.449. The molecule has 0 fully saturated rings. The summed E-state index contributed by atoms with van der Waals surface area (Å²) >= 11 is 1.64. The van der Waals surface area contributed by atoms with E-state index in [-0.39, 0.29) is 11.6 Å². The van der Waals surface area contributed by atoms with Gasteiger partial charge in [0.05, 0.1) is 6.04 Å². The number of carbonyl (C=O) groups excluding carboxylic acids is 1. The minimum absolute atomic E-state index is 0.0215. The van der Waals surface area contributed by atoms with Crippen molar-refractivity contribution < 1.29 is 14.7 Å². The Morgan fingerprint density at radius 2 is 2.26 bits per heavy atom. The zero-order valence-corrected chi connectivity index (χ0v) is 11.4. The van der Waals surface area contributed by atoms with Crippen LogP contribution in [0.3, 0.4) is 0 Å². The summed E-state index contributed by atoms with van der Waals surface area (Å²) in [4.78, 5) is 26.0. The molecule has 0 bridgehead atoms. The fourth-order valence-corrected chi connectivity index (χ4v) is 1.84. The summed E-state index contributed by atoms with van der Waals surface area (Å²) in [5.41, 5.74) is 6.42. The average molecular weight is 283 g/mol. The fourth-order valence-electron chi connectivity index (χ4n) is 1.35. The number of nitrogens with zero attached hydrogens (tertiary/aromatic N) is 1. The highest BCUT2D eigenvalue weighted by Gasteiger charge is 2.12. The molecule has 0 saturated carbocycles. The summed E-state index contributed by atoms with van der Waals surface area (Å²) in [5, 5.41) is 11.4. The Balaban J connectivity index is 2.43. The quantitative estimate of drug-likeness (QED) is 0.672. The van der Waals surface area contributed by atoms with Gasteiger partial charge in [0.2, 0.25) is 5.91 Å². The third-order valence-electron chi connectivity index (χ3n) is 2.48. The number of pyridine rings is 1. The first-order valence-corrected chi connectivity index (χ1v) is 7.14. The van der Waals surface area contributed by atoms with Gasteiger partial charge in [-0.1, -0.05) is 6.07 Å². The molecule has 0 aliphatic heterocycles. The molecule has 0 aliphatic carbocycles. The molecule has 6 nitrogen and oxygen atoms in total. The lowest BCUT2D eigenvalue weighted by atomic mass is 10.2. The first-order valence-electron chi connectivity index (χ1n) is 5.75. The van der Waals surface area contributed by atoms with Crippen LogP contribution in [0.2, 0.25) is 0 Å². The van der Waals surface area contributed by atoms with Crippen molar-refractivity contribution in [2.45, 2.75) is 19.0 Å². The molecule has 7 heteroatoms. The second kappa shape index (κ2) is 7.75. The van der Waals surface area contributed by atoms with Crippen molar-refractivity contribution in [3.63, 3.8) is 0 Å². The summed E-state index contributed by atoms with van der Waals surface area (Å²) in [6.45, 7) is 0.290. The van der Waals surface area contributed by atoms with E-state index in [0.717, 1.165) is 11.3 Å². The topological polar surface area (TPSA) is 105 Å². The first-order chi connectivity index (χ1) is 9.04. The molecule has 0 unspecified atom stereocenters. The molecule has 0 aliphatic rings. The van der Waals surface area contributed by atoms with Crippen molar-refractivity contribution in [1.82, 2.24) is 10.3 Å². The molecule has 1 amide bonds. The van der Waals surface area contributed by atoms with E-state index in [1.54, 1.807) is 17.8 Å². The SMILES string of the molecule is CSCC[C@@H](N)C(=O)NCc1ccc(C(=O)O)nc1. The predicted octanol–water partition coefficient (Wildman–Crippen LogP) is 0.476. The Morgan fingerprint density at radius 1 is 1.53 bits per heavy atom. The van der Waals surface area contributed by atoms with E-state index in [0.29, 0.717) is 13.0 Å². The van der Waals surface area contributed by atoms with Crippen LogP contribution in [-0.4, -0.2) is 40.0 Å². The number of hydrogen-bond acceptors (Lipinski definition) is 5. The van der Waals surface area contributed by atoms with E-state index in [2.05, 4.69) is 10.3 Å². The van der Waals surface area contributed by atoms with Crippen LogP contribution in [0.1, 0.15) is 22.5 Å². The van der Waals surface area contributed by atoms with Crippen LogP contribution in [-0.2, 0) is 11.3 Å². The maximum absolute atomic E-state index is 11.6. The molecule has 0 saturated heterocycles. The van der Waals surface area contributed by atoms with Crippen LogP contribution in [0.25, 0.3) is 0 Å². The maximum Gasteiger partial charge on any atom is 0.354 e. The number of carbonyl (C=O) groups is 2. The number of amides is 1. The fraction of sp³-hybridized carbons (Fsp3) is 0.417. The molecule has 19 heavy (non-hydrogen) atoms. The minimum Gasteiger partial charge on any atom is -0.477 e. The van der Waals surface area contributed by atoms with Gasteiger partial charge in [-0.05, 0) is 30.1 Å². The molecule has 104 valence electrons. The van der Waals surface area contributed by atoms with Crippen molar-refractivity contribution >= 4 is 23.6 Å². The van der Waals surface area contributed by atoms with Crippen molar-refractivity contribution in [2.24, 2.45) is 5.73 Å². The summed E-state index contributed by atoms with van der Waals surface area (Å²) in [6, 6.07) is 2.50. The molecular weight excluding hydrogens is 266 g/mol. The highest BCUT2D eigenvalue weighted by molar-refractivity contribution is 7.98. The van der Waals surface area contributed by atoms with Gasteiger partial charge in [-0.3, -0.25) is 4.79 Å². The van der Waals surface area contributed by atoms with Crippen LogP contribution in [0.15, 0.2) is 18.3 Å². The minimum atomic E-state index is -1.07. The number of carboxylic acids is 1. The second-order valence-corrected chi connectivity index (χ2v) is 4.95. The van der Waals surface area contributed by atoms with Gasteiger partial charge in [-0.25, -0.2) is 9.78 Å². The highest BCUT2D eigenvalue weighted by atomic mass is 32.2. The maximum atomic E-state index is 11.6. The Bertz CT molecular complexity index is 436. The summed E-state index contributed by atoms with van der Waals surface area (Å²) in [7, 11) is 0. The zero-order valence-electron chi connectivity index (χ0n) is 10.6. The third kappa shape index (κ3) is 5.27. The Labute approximate surface area is 115 Å². The number of hydrogen-bond donors (Lipinski definition) is 3. The van der Waals surface area contributed by atoms with Gasteiger partial charge in [0.1, 0.15) is 5.69 Å². The van der Waals surface area contributed by atoms with Crippen molar-refractivity contribution in [2.75, 3.05) is 12.0 Å². The molecule has 4 N–H and O–H groups in total. The lowest BCUT2D eigenvalue weighted by Gasteiger charge is -2.11. The molecular formula is C12H17N3O3S. The van der Waals surface area contributed by atoms with Gasteiger partial charge in [0.15, 0.2) is 0 Å². The number of carboxylic acid groups (broad SMARTS) is 1. The summed E-state index contributed by atoms with van der Waals surface area (Å²) < 4.78 is 0. The van der Waals surface area contributed by atoms with E-state index >= 15 is 0 Å². The third-order valence-corrected chi connectivity index (χ3v) is 3.12. The van der Waals surface area contributed by atoms with Crippen molar-refractivity contribution in [3.05, 3.63) is 29.6 Å². The lowest BCUT2D eigenvalue weighted by molar-refractivity contribution is -0.122. The molecule has 1 aromatic heterocycles. The highest BCUT2D eigenvalue weighted by Crippen LogP contribution is 2.02. The molecule has 1 atom stereocenters. The van der Waals surface area contributed by atoms with Crippen molar-refractivity contribution in [3.8, 4) is 0 Å². The van der Waals surface area contributed by atoms with Crippen LogP contribution >= 0.6 is 11.8 Å². The van der Waals surface area contributed by atoms with Crippen LogP contribution in [0.4, 0.5) is 0 Å². The Hall–Kier alpha value is -1.60. The Kier molecular flexibility index (Phi) is 6.31. The number of aromatic carboxylic acids is 1. The number of nitrogens with two attached hydrogens (primary N) is 1. The molecule has 1 aromatic rings. The van der Waals surface area contributed by atoms with E-state index in [4.69, 9.17) is 10.8 Å². The Morgan fingerprint density at radius 3 is 2.79 bits per heavy atom. The van der Waals surface area contributed by atoms with E-state index < -0.39 is 12.0 Å². The molecule has 1 heterocycles. The predicted molar refractivity (Wildman–Crippen MR) is 74.0 cm³/mol. The van der Waals surface area contributed by atoms with Gasteiger partial charge >= 0.3 is 5.97 Å².